The van der Waals surface area contributed by atoms with Gasteiger partial charge in [0.2, 0.25) is 0 Å². The van der Waals surface area contributed by atoms with E-state index in [1.807, 2.05) is 0 Å². The minimum atomic E-state index is -3.89. The maximum atomic E-state index is 8.48. The Morgan fingerprint density at radius 1 is 0.541 bits per heavy atom. The minimum absolute atomic E-state index is 0.0802. The topological polar surface area (TPSA) is 90.6 Å². The summed E-state index contributed by atoms with van der Waals surface area (Å²) in [6.07, 6.45) is 25.4. The van der Waals surface area contributed by atoms with Gasteiger partial charge in [0.05, 0.1) is 0 Å². The fourth-order valence-electron chi connectivity index (χ4n) is 5.62. The van der Waals surface area contributed by atoms with Crippen LogP contribution in [0.3, 0.4) is 0 Å². The van der Waals surface area contributed by atoms with Gasteiger partial charge in [-0.1, -0.05) is 0 Å². The summed E-state index contributed by atoms with van der Waals surface area (Å²) in [5, 5.41) is 0. The predicted octanol–water partition coefficient (Wildman–Crippen LogP) is 9.63. The molecule has 0 heterocycles. The monoisotopic (exact) mass is 634 g/mol. The first-order valence-electron chi connectivity index (χ1n) is 15.8. The van der Waals surface area contributed by atoms with Crippen LogP contribution in [0.25, 0.3) is 0 Å². The molecule has 0 atom stereocenters. The number of hydrogen-bond donors (Lipinski definition) is 2. The van der Waals surface area contributed by atoms with Crippen molar-refractivity contribution in [2.24, 2.45) is 0 Å². The van der Waals surface area contributed by atoms with Crippen LogP contribution >= 0.6 is 0 Å². The summed E-state index contributed by atoms with van der Waals surface area (Å²) < 4.78 is 14.1. The molecule has 0 radical (unpaired) electrons. The molecule has 8 nitrogen and oxygen atoms in total. The fourth-order valence-corrected chi connectivity index (χ4v) is 13.1. The number of nitrogens with zero attached hydrogens (tertiary/aromatic N) is 2. The van der Waals surface area contributed by atoms with Crippen molar-refractivity contribution in [1.29, 1.82) is 11.1 Å². The van der Waals surface area contributed by atoms with E-state index in [-0.39, 0.29) is 12.1 Å². The number of hydrogen-bond acceptors (Lipinski definition) is 6. The van der Waals surface area contributed by atoms with Crippen LogP contribution < -0.4 is 0 Å². The molecule has 0 bridgehead atoms. The Balaban J connectivity index is 2.02. The van der Waals surface area contributed by atoms with Gasteiger partial charge in [-0.15, -0.1) is 0 Å². The Kier molecular flexibility index (Phi) is 18.1. The van der Waals surface area contributed by atoms with Gasteiger partial charge in [0.1, 0.15) is 0 Å². The predicted molar refractivity (Wildman–Crippen MR) is 146 cm³/mol. The van der Waals surface area contributed by atoms with Gasteiger partial charge in [-0.25, -0.2) is 0 Å². The average Bonchev–Trinajstić information content (AvgIpc) is 2.94. The molecule has 216 valence electrons. The SMILES string of the molecule is CCCCCCC[CH2][Sn]([CH2]CCCCCCC)([O]O[N+](=N)C1CCCCC1)[O]O[N+](=N)C1CCCCC1. The Morgan fingerprint density at radius 2 is 0.892 bits per heavy atom. The molecule has 0 amide bonds. The Bertz CT molecular complexity index is 561. The Morgan fingerprint density at radius 3 is 1.27 bits per heavy atom. The van der Waals surface area contributed by atoms with E-state index >= 15 is 0 Å². The van der Waals surface area contributed by atoms with Crippen LogP contribution in [0.4, 0.5) is 0 Å². The molecular formula is C28H58N4O4Sn+2. The molecule has 9 heteroatoms. The molecule has 2 N–H and O–H groups in total. The summed E-state index contributed by atoms with van der Waals surface area (Å²) in [6.45, 7) is 4.49. The van der Waals surface area contributed by atoms with E-state index < -0.39 is 19.2 Å². The second kappa shape index (κ2) is 20.4. The van der Waals surface area contributed by atoms with Crippen molar-refractivity contribution in [1.82, 2.24) is 0 Å². The molecule has 2 saturated carbocycles. The first kappa shape index (κ1) is 32.7. The normalized spacial score (nSPS) is 17.6. The van der Waals surface area contributed by atoms with Crippen LogP contribution in [-0.4, -0.2) is 41.0 Å². The molecule has 37 heavy (non-hydrogen) atoms. The molecule has 0 aromatic rings. The van der Waals surface area contributed by atoms with Crippen LogP contribution in [0.15, 0.2) is 0 Å². The van der Waals surface area contributed by atoms with Gasteiger partial charge in [-0.2, -0.15) is 0 Å². The first-order valence-corrected chi connectivity index (χ1v) is 22.2. The summed E-state index contributed by atoms with van der Waals surface area (Å²) >= 11 is -3.89. The van der Waals surface area contributed by atoms with E-state index in [0.717, 1.165) is 85.9 Å². The number of rotatable bonds is 22. The van der Waals surface area contributed by atoms with Crippen molar-refractivity contribution >= 4 is 19.2 Å². The van der Waals surface area contributed by atoms with E-state index in [4.69, 9.17) is 27.5 Å². The molecular weight excluding hydrogens is 575 g/mol. The van der Waals surface area contributed by atoms with Gasteiger partial charge in [-0.3, -0.25) is 0 Å². The summed E-state index contributed by atoms with van der Waals surface area (Å²) in [5.41, 5.74) is 17.0. The molecule has 0 aromatic carbocycles. The molecule has 2 rings (SSSR count). The van der Waals surface area contributed by atoms with Gasteiger partial charge >= 0.3 is 232 Å². The maximum absolute atomic E-state index is 8.48. The van der Waals surface area contributed by atoms with Crippen molar-refractivity contribution in [3.8, 4) is 0 Å². The van der Waals surface area contributed by atoms with Gasteiger partial charge in [0.15, 0.2) is 0 Å². The van der Waals surface area contributed by atoms with Gasteiger partial charge in [0.25, 0.3) is 0 Å². The third kappa shape index (κ3) is 13.9. The second-order valence-electron chi connectivity index (χ2n) is 11.5. The molecule has 2 aliphatic carbocycles. The van der Waals surface area contributed by atoms with E-state index in [1.54, 1.807) is 0 Å². The third-order valence-electron chi connectivity index (χ3n) is 8.17. The zero-order chi connectivity index (χ0) is 26.6. The third-order valence-corrected chi connectivity index (χ3v) is 16.7. The zero-order valence-corrected chi connectivity index (χ0v) is 27.0. The average molecular weight is 634 g/mol. The standard InChI is InChI=1S/2C8H17.2C6H12N2O2.Sn/c2*1-3-5-7-8-6-4-2;2*7-8(10-9)6-4-2-1-3-5-6;/h2*1,3-8H2,2H3;2*6-7H,1-5H2;/q;;;;+2. The molecule has 0 aliphatic heterocycles. The van der Waals surface area contributed by atoms with Gasteiger partial charge < -0.3 is 0 Å². The molecule has 0 aromatic heterocycles. The Labute approximate surface area is 231 Å². The Hall–Kier alpha value is -0.481. The fraction of sp³-hybridized carbons (Fsp3) is 1.00. The molecule has 0 saturated heterocycles. The number of nitrogens with one attached hydrogen (secondary N) is 2. The van der Waals surface area contributed by atoms with E-state index in [1.165, 1.54) is 73.9 Å². The van der Waals surface area contributed by atoms with Crippen LogP contribution in [-0.2, 0) is 16.4 Å². The van der Waals surface area contributed by atoms with Crippen molar-refractivity contribution in [2.75, 3.05) is 0 Å². The molecule has 0 unspecified atom stereocenters. The summed E-state index contributed by atoms with van der Waals surface area (Å²) in [6, 6.07) is 0.160. The second-order valence-corrected chi connectivity index (χ2v) is 20.5. The first-order chi connectivity index (χ1) is 18.1. The van der Waals surface area contributed by atoms with Gasteiger partial charge in [-0.05, 0) is 0 Å². The van der Waals surface area contributed by atoms with Gasteiger partial charge in [0, 0.05) is 0 Å². The summed E-state index contributed by atoms with van der Waals surface area (Å²) in [5.74, 6) is 0. The van der Waals surface area contributed by atoms with Crippen LogP contribution in [0.2, 0.25) is 8.87 Å². The van der Waals surface area contributed by atoms with E-state index in [2.05, 4.69) is 13.8 Å². The van der Waals surface area contributed by atoms with Crippen LogP contribution in [0.5, 0.6) is 0 Å². The van der Waals surface area contributed by atoms with Crippen LogP contribution in [0.1, 0.15) is 155 Å². The number of hydroxylamine groups is 2. The van der Waals surface area contributed by atoms with Crippen molar-refractivity contribution in [2.45, 2.75) is 176 Å². The van der Waals surface area contributed by atoms with Crippen molar-refractivity contribution < 1.29 is 26.1 Å². The summed E-state index contributed by atoms with van der Waals surface area (Å²) in [4.78, 5) is 13.8. The molecule has 0 spiro atoms. The van der Waals surface area contributed by atoms with E-state index in [9.17, 15) is 0 Å². The van der Waals surface area contributed by atoms with Crippen molar-refractivity contribution in [3.63, 3.8) is 0 Å². The van der Waals surface area contributed by atoms with Crippen molar-refractivity contribution in [3.05, 3.63) is 0 Å². The quantitative estimate of drug-likeness (QED) is 0.0310. The molecule has 2 fully saturated rings. The summed E-state index contributed by atoms with van der Waals surface area (Å²) in [7, 11) is 0. The zero-order valence-electron chi connectivity index (χ0n) is 24.2. The van der Waals surface area contributed by atoms with E-state index in [0.29, 0.717) is 0 Å². The van der Waals surface area contributed by atoms with Crippen LogP contribution in [0, 0.1) is 11.1 Å². The number of unbranched alkanes of at least 4 members (excludes halogenated alkanes) is 10. The molecule has 2 aliphatic rings.